The molecule has 0 saturated carbocycles. The Hall–Kier alpha value is -2.28. The van der Waals surface area contributed by atoms with Crippen LogP contribution in [0.2, 0.25) is 0 Å². The number of ether oxygens (including phenoxy) is 2. The summed E-state index contributed by atoms with van der Waals surface area (Å²) in [5.74, 6) is 1.06. The van der Waals surface area contributed by atoms with Gasteiger partial charge in [0.05, 0.1) is 20.8 Å². The summed E-state index contributed by atoms with van der Waals surface area (Å²) in [6.45, 7) is 7.17. The fourth-order valence-corrected chi connectivity index (χ4v) is 2.31. The zero-order chi connectivity index (χ0) is 18.8. The van der Waals surface area contributed by atoms with Crippen LogP contribution in [0, 0.1) is 0 Å². The summed E-state index contributed by atoms with van der Waals surface area (Å²) in [7, 11) is 3.50. The quantitative estimate of drug-likeness (QED) is 0.612. The second-order valence-corrected chi connectivity index (χ2v) is 6.06. The third kappa shape index (κ3) is 7.43. The highest BCUT2D eigenvalue weighted by atomic mass is 16.5. The Balaban J connectivity index is 2.54. The number of imide groups is 1. The second kappa shape index (κ2) is 10.6. The van der Waals surface area contributed by atoms with Gasteiger partial charge in [-0.15, -0.1) is 0 Å². The monoisotopic (exact) mass is 352 g/mol. The first-order chi connectivity index (χ1) is 11.9. The molecule has 0 aliphatic rings. The lowest BCUT2D eigenvalue weighted by molar-refractivity contribution is -0.885. The van der Waals surface area contributed by atoms with Crippen molar-refractivity contribution in [1.29, 1.82) is 0 Å². The maximum absolute atomic E-state index is 11.9. The number of hydrogen-bond acceptors (Lipinski definition) is 4. The fourth-order valence-electron chi connectivity index (χ4n) is 2.31. The normalized spacial score (nSPS) is 12.8. The van der Waals surface area contributed by atoms with Crippen LogP contribution in [0.4, 0.5) is 4.79 Å². The highest BCUT2D eigenvalue weighted by molar-refractivity contribution is 5.94. The van der Waals surface area contributed by atoms with E-state index in [9.17, 15) is 9.59 Å². The van der Waals surface area contributed by atoms with E-state index in [1.807, 2.05) is 46.0 Å². The topological polar surface area (TPSA) is 81.1 Å². The van der Waals surface area contributed by atoms with Gasteiger partial charge in [0.15, 0.2) is 18.0 Å². The second-order valence-electron chi connectivity index (χ2n) is 6.06. The van der Waals surface area contributed by atoms with Crippen molar-refractivity contribution in [3.05, 3.63) is 23.8 Å². The maximum atomic E-state index is 11.9. The average molecular weight is 352 g/mol. The van der Waals surface area contributed by atoms with Crippen molar-refractivity contribution < 1.29 is 24.0 Å². The zero-order valence-corrected chi connectivity index (χ0v) is 15.8. The van der Waals surface area contributed by atoms with Crippen LogP contribution in [0.15, 0.2) is 18.2 Å². The van der Waals surface area contributed by atoms with Crippen LogP contribution in [0.5, 0.6) is 11.5 Å². The summed E-state index contributed by atoms with van der Waals surface area (Å²) in [6, 6.07) is 5.31. The number of carbonyl (C=O) groups excluding carboxylic acids is 2. The molecule has 0 radical (unpaired) electrons. The molecule has 0 spiro atoms. The van der Waals surface area contributed by atoms with Crippen LogP contribution in [0.1, 0.15) is 32.8 Å². The minimum absolute atomic E-state index is 0.0363. The first-order valence-corrected chi connectivity index (χ1v) is 8.60. The highest BCUT2D eigenvalue weighted by Gasteiger charge is 2.15. The zero-order valence-electron chi connectivity index (χ0n) is 15.8. The molecule has 3 N–H and O–H groups in total. The fraction of sp³-hybridized carbons (Fsp3) is 0.556. The Kier molecular flexibility index (Phi) is 8.77. The van der Waals surface area contributed by atoms with E-state index in [1.54, 1.807) is 7.11 Å². The van der Waals surface area contributed by atoms with Gasteiger partial charge < -0.3 is 19.7 Å². The van der Waals surface area contributed by atoms with E-state index in [4.69, 9.17) is 9.47 Å². The van der Waals surface area contributed by atoms with Crippen molar-refractivity contribution in [3.8, 4) is 11.5 Å². The van der Waals surface area contributed by atoms with E-state index < -0.39 is 6.03 Å². The van der Waals surface area contributed by atoms with Crippen LogP contribution < -0.4 is 25.0 Å². The predicted molar refractivity (Wildman–Crippen MR) is 96.0 cm³/mol. The minimum atomic E-state index is -0.449. The number of carbonyl (C=O) groups is 2. The van der Waals surface area contributed by atoms with Crippen molar-refractivity contribution in [3.63, 3.8) is 0 Å². The molecule has 3 amide bonds. The Labute approximate surface area is 149 Å². The van der Waals surface area contributed by atoms with Crippen LogP contribution in [0.3, 0.4) is 0 Å². The number of likely N-dealkylation sites (N-methyl/N-ethyl adjacent to an activating group) is 1. The van der Waals surface area contributed by atoms with Gasteiger partial charge in [-0.25, -0.2) is 4.79 Å². The van der Waals surface area contributed by atoms with Crippen molar-refractivity contribution in [1.82, 2.24) is 10.6 Å². The molecule has 140 valence electrons. The largest absolute Gasteiger partial charge is 0.493 e. The van der Waals surface area contributed by atoms with Crippen molar-refractivity contribution in [2.24, 2.45) is 0 Å². The van der Waals surface area contributed by atoms with Gasteiger partial charge >= 0.3 is 6.03 Å². The Morgan fingerprint density at radius 1 is 1.24 bits per heavy atom. The summed E-state index contributed by atoms with van der Waals surface area (Å²) >= 11 is 0. The molecule has 25 heavy (non-hydrogen) atoms. The minimum Gasteiger partial charge on any atom is -0.493 e. The number of nitrogens with one attached hydrogen (secondary N) is 3. The predicted octanol–water partition coefficient (Wildman–Crippen LogP) is 0.733. The molecule has 1 rings (SSSR count). The molecule has 0 aliphatic heterocycles. The number of hydrogen-bond donors (Lipinski definition) is 3. The van der Waals surface area contributed by atoms with E-state index in [1.165, 1.54) is 0 Å². The van der Waals surface area contributed by atoms with E-state index >= 15 is 0 Å². The molecule has 0 saturated heterocycles. The van der Waals surface area contributed by atoms with Gasteiger partial charge in [-0.3, -0.25) is 10.1 Å². The van der Waals surface area contributed by atoms with Gasteiger partial charge in [0.1, 0.15) is 6.54 Å². The first-order valence-electron chi connectivity index (χ1n) is 8.60. The lowest BCUT2D eigenvalue weighted by Crippen LogP contribution is -3.09. The SMILES string of the molecule is CCOc1ccc(C[NH+](C)CC(=O)NC(=O)N[C@H](C)CC)cc1OC. The lowest BCUT2D eigenvalue weighted by Gasteiger charge is -2.16. The number of rotatable bonds is 9. The van der Waals surface area contributed by atoms with Crippen LogP contribution in [-0.4, -0.2) is 45.3 Å². The molecule has 1 aromatic rings. The average Bonchev–Trinajstić information content (AvgIpc) is 2.55. The van der Waals surface area contributed by atoms with Crippen molar-refractivity contribution in [2.45, 2.75) is 39.8 Å². The summed E-state index contributed by atoms with van der Waals surface area (Å²) < 4.78 is 10.8. The molecule has 0 aromatic heterocycles. The Morgan fingerprint density at radius 3 is 2.56 bits per heavy atom. The Morgan fingerprint density at radius 2 is 1.96 bits per heavy atom. The van der Waals surface area contributed by atoms with Crippen LogP contribution >= 0.6 is 0 Å². The van der Waals surface area contributed by atoms with E-state index in [0.717, 1.165) is 16.9 Å². The molecule has 1 aromatic carbocycles. The summed E-state index contributed by atoms with van der Waals surface area (Å²) in [5, 5.41) is 5.06. The molecule has 0 fully saturated rings. The Bertz CT molecular complexity index is 577. The van der Waals surface area contributed by atoms with E-state index in [0.29, 0.717) is 24.7 Å². The third-order valence-corrected chi connectivity index (χ3v) is 3.74. The summed E-state index contributed by atoms with van der Waals surface area (Å²) in [6.07, 6.45) is 0.812. The number of urea groups is 1. The molecule has 7 nitrogen and oxygen atoms in total. The molecule has 0 bridgehead atoms. The van der Waals surface area contributed by atoms with E-state index in [-0.39, 0.29) is 18.5 Å². The van der Waals surface area contributed by atoms with Crippen molar-refractivity contribution in [2.75, 3.05) is 27.3 Å². The molecule has 2 atom stereocenters. The number of quaternary nitrogens is 1. The molecule has 0 heterocycles. The van der Waals surface area contributed by atoms with Gasteiger partial charge in [-0.05, 0) is 38.5 Å². The number of amides is 3. The summed E-state index contributed by atoms with van der Waals surface area (Å²) in [5.41, 5.74) is 1.02. The smallest absolute Gasteiger partial charge is 0.321 e. The molecule has 7 heteroatoms. The van der Waals surface area contributed by atoms with Gasteiger partial charge in [0.2, 0.25) is 0 Å². The van der Waals surface area contributed by atoms with Crippen LogP contribution in [-0.2, 0) is 11.3 Å². The highest BCUT2D eigenvalue weighted by Crippen LogP contribution is 2.27. The van der Waals surface area contributed by atoms with Gasteiger partial charge in [0.25, 0.3) is 5.91 Å². The molecule has 0 aliphatic carbocycles. The van der Waals surface area contributed by atoms with E-state index in [2.05, 4.69) is 10.6 Å². The molecule has 1 unspecified atom stereocenters. The number of benzene rings is 1. The summed E-state index contributed by atoms with van der Waals surface area (Å²) in [4.78, 5) is 24.6. The van der Waals surface area contributed by atoms with Gasteiger partial charge in [-0.2, -0.15) is 0 Å². The molecular formula is C18H30N3O4+. The molecular weight excluding hydrogens is 322 g/mol. The number of methoxy groups -OCH3 is 1. The van der Waals surface area contributed by atoms with Crippen LogP contribution in [0.25, 0.3) is 0 Å². The third-order valence-electron chi connectivity index (χ3n) is 3.74. The standard InChI is InChI=1S/C18H29N3O4/c1-6-13(3)19-18(23)20-17(22)12-21(4)11-14-8-9-15(25-7-2)16(10-14)24-5/h8-10,13H,6-7,11-12H2,1-5H3,(H2,19,20,22,23)/p+1/t13-/m1/s1. The van der Waals surface area contributed by atoms with Gasteiger partial charge in [-0.1, -0.05) is 6.92 Å². The van der Waals surface area contributed by atoms with Gasteiger partial charge in [0, 0.05) is 11.6 Å². The van der Waals surface area contributed by atoms with Crippen molar-refractivity contribution >= 4 is 11.9 Å². The lowest BCUT2D eigenvalue weighted by atomic mass is 10.2. The maximum Gasteiger partial charge on any atom is 0.321 e. The first kappa shape index (κ1) is 20.8.